The van der Waals surface area contributed by atoms with E-state index in [1.807, 2.05) is 0 Å². The maximum Gasteiger partial charge on any atom is 0.127 e. The van der Waals surface area contributed by atoms with Crippen LogP contribution in [0.2, 0.25) is 0 Å². The van der Waals surface area contributed by atoms with Crippen LogP contribution in [0.25, 0.3) is 0 Å². The van der Waals surface area contributed by atoms with Crippen molar-refractivity contribution in [3.05, 3.63) is 59.2 Å². The zero-order valence-electron chi connectivity index (χ0n) is 14.8. The van der Waals surface area contributed by atoms with E-state index in [1.165, 1.54) is 29.5 Å². The minimum atomic E-state index is 0.356. The molecule has 2 aromatic rings. The van der Waals surface area contributed by atoms with E-state index in [0.717, 1.165) is 37.6 Å². The van der Waals surface area contributed by atoms with Gasteiger partial charge in [0.2, 0.25) is 0 Å². The molecule has 2 atom stereocenters. The molecule has 4 rings (SSSR count). The van der Waals surface area contributed by atoms with Crippen LogP contribution in [-0.2, 0) is 13.0 Å². The lowest BCUT2D eigenvalue weighted by Crippen LogP contribution is -2.45. The van der Waals surface area contributed by atoms with Gasteiger partial charge < -0.3 is 20.1 Å². The summed E-state index contributed by atoms with van der Waals surface area (Å²) in [4.78, 5) is 0. The molecule has 2 aliphatic heterocycles. The molecule has 0 unspecified atom stereocenters. The first-order valence-corrected chi connectivity index (χ1v) is 9.19. The number of ether oxygens (including phenoxy) is 2. The van der Waals surface area contributed by atoms with E-state index in [2.05, 4.69) is 53.1 Å². The van der Waals surface area contributed by atoms with Gasteiger partial charge in [0, 0.05) is 36.2 Å². The zero-order valence-corrected chi connectivity index (χ0v) is 14.8. The highest BCUT2D eigenvalue weighted by Gasteiger charge is 2.26. The number of rotatable bonds is 5. The summed E-state index contributed by atoms with van der Waals surface area (Å²) in [6.45, 7) is 2.65. The Morgan fingerprint density at radius 1 is 1.24 bits per heavy atom. The smallest absolute Gasteiger partial charge is 0.127 e. The lowest BCUT2D eigenvalue weighted by atomic mass is 9.92. The first-order chi connectivity index (χ1) is 12.3. The van der Waals surface area contributed by atoms with Gasteiger partial charge in [0.1, 0.15) is 11.5 Å². The molecule has 1 fully saturated rings. The number of benzene rings is 2. The Labute approximate surface area is 149 Å². The van der Waals surface area contributed by atoms with Crippen molar-refractivity contribution in [1.82, 2.24) is 10.6 Å². The van der Waals surface area contributed by atoms with E-state index >= 15 is 0 Å². The molecule has 1 saturated heterocycles. The molecule has 0 aliphatic carbocycles. The lowest BCUT2D eigenvalue weighted by Gasteiger charge is -2.34. The Bertz CT molecular complexity index is 717. The monoisotopic (exact) mass is 338 g/mol. The fraction of sp³-hybridized carbons (Fsp3) is 0.429. The summed E-state index contributed by atoms with van der Waals surface area (Å²) in [5.41, 5.74) is 3.81. The largest absolute Gasteiger partial charge is 0.497 e. The maximum atomic E-state index is 5.87. The van der Waals surface area contributed by atoms with Gasteiger partial charge in [-0.1, -0.05) is 30.3 Å². The summed E-state index contributed by atoms with van der Waals surface area (Å²) >= 11 is 0. The van der Waals surface area contributed by atoms with E-state index in [0.29, 0.717) is 12.1 Å². The summed E-state index contributed by atoms with van der Waals surface area (Å²) in [5, 5.41) is 7.45. The summed E-state index contributed by atoms with van der Waals surface area (Å²) in [6.07, 6.45) is 3.35. The third-order valence-electron chi connectivity index (χ3n) is 5.24. The standard InChI is InChI=1S/C21H26N2O2/c1-24-18-12-16-9-11-25-21(16)17(13-18)14-23-19-8-5-10-22-20(19)15-6-3-2-4-7-15/h2-4,6-7,12-13,19-20,22-23H,5,8-11,14H2,1H3/t19-,20-/m0/s1. The van der Waals surface area contributed by atoms with Crippen molar-refractivity contribution < 1.29 is 9.47 Å². The molecule has 2 aliphatic rings. The van der Waals surface area contributed by atoms with Crippen LogP contribution in [0.3, 0.4) is 0 Å². The van der Waals surface area contributed by atoms with Crippen LogP contribution in [0.15, 0.2) is 42.5 Å². The minimum absolute atomic E-state index is 0.356. The Kier molecular flexibility index (Phi) is 4.90. The number of hydrogen-bond acceptors (Lipinski definition) is 4. The van der Waals surface area contributed by atoms with Gasteiger partial charge in [0.15, 0.2) is 0 Å². The second-order valence-corrected chi connectivity index (χ2v) is 6.85. The molecule has 0 bridgehead atoms. The maximum absolute atomic E-state index is 5.87. The van der Waals surface area contributed by atoms with Gasteiger partial charge in [-0.15, -0.1) is 0 Å². The van der Waals surface area contributed by atoms with Crippen LogP contribution in [0.4, 0.5) is 0 Å². The van der Waals surface area contributed by atoms with E-state index in [9.17, 15) is 0 Å². The number of methoxy groups -OCH3 is 1. The highest BCUT2D eigenvalue weighted by Crippen LogP contribution is 2.34. The summed E-state index contributed by atoms with van der Waals surface area (Å²) in [7, 11) is 1.73. The summed E-state index contributed by atoms with van der Waals surface area (Å²) in [6, 6.07) is 15.7. The predicted molar refractivity (Wildman–Crippen MR) is 99.2 cm³/mol. The Hall–Kier alpha value is -2.04. The topological polar surface area (TPSA) is 42.5 Å². The highest BCUT2D eigenvalue weighted by atomic mass is 16.5. The normalized spacial score (nSPS) is 22.3. The minimum Gasteiger partial charge on any atom is -0.497 e. The fourth-order valence-corrected chi connectivity index (χ4v) is 3.97. The molecule has 0 spiro atoms. The molecular formula is C21H26N2O2. The Morgan fingerprint density at radius 3 is 2.96 bits per heavy atom. The summed E-state index contributed by atoms with van der Waals surface area (Å²) in [5.74, 6) is 1.97. The second-order valence-electron chi connectivity index (χ2n) is 6.85. The van der Waals surface area contributed by atoms with Crippen LogP contribution in [-0.4, -0.2) is 26.3 Å². The number of fused-ring (bicyclic) bond motifs is 1. The molecule has 4 nitrogen and oxygen atoms in total. The molecular weight excluding hydrogens is 312 g/mol. The number of hydrogen-bond donors (Lipinski definition) is 2. The van der Waals surface area contributed by atoms with E-state index in [1.54, 1.807) is 7.11 Å². The zero-order chi connectivity index (χ0) is 17.1. The first kappa shape index (κ1) is 16.4. The highest BCUT2D eigenvalue weighted by molar-refractivity contribution is 5.49. The average Bonchev–Trinajstić information content (AvgIpc) is 3.15. The third kappa shape index (κ3) is 3.51. The van der Waals surface area contributed by atoms with E-state index in [-0.39, 0.29) is 0 Å². The Balaban J connectivity index is 1.51. The molecule has 0 saturated carbocycles. The van der Waals surface area contributed by atoms with Crippen LogP contribution < -0.4 is 20.1 Å². The molecule has 2 N–H and O–H groups in total. The number of piperidine rings is 1. The van der Waals surface area contributed by atoms with Crippen LogP contribution in [0, 0.1) is 0 Å². The molecule has 0 radical (unpaired) electrons. The third-order valence-corrected chi connectivity index (χ3v) is 5.24. The van der Waals surface area contributed by atoms with E-state index in [4.69, 9.17) is 9.47 Å². The average molecular weight is 338 g/mol. The van der Waals surface area contributed by atoms with Gasteiger partial charge in [-0.2, -0.15) is 0 Å². The van der Waals surface area contributed by atoms with Gasteiger partial charge in [0.25, 0.3) is 0 Å². The van der Waals surface area contributed by atoms with Crippen molar-refractivity contribution in [2.45, 2.75) is 37.9 Å². The van der Waals surface area contributed by atoms with Crippen molar-refractivity contribution >= 4 is 0 Å². The second kappa shape index (κ2) is 7.46. The molecule has 4 heteroatoms. The van der Waals surface area contributed by atoms with Crippen LogP contribution in [0.1, 0.15) is 35.6 Å². The molecule has 0 aromatic heterocycles. The van der Waals surface area contributed by atoms with Crippen molar-refractivity contribution in [3.8, 4) is 11.5 Å². The quantitative estimate of drug-likeness (QED) is 0.878. The van der Waals surface area contributed by atoms with Crippen molar-refractivity contribution in [3.63, 3.8) is 0 Å². The Morgan fingerprint density at radius 2 is 2.12 bits per heavy atom. The molecule has 2 heterocycles. The lowest BCUT2D eigenvalue weighted by molar-refractivity contribution is 0.301. The van der Waals surface area contributed by atoms with Crippen molar-refractivity contribution in [1.29, 1.82) is 0 Å². The van der Waals surface area contributed by atoms with Crippen LogP contribution >= 0.6 is 0 Å². The first-order valence-electron chi connectivity index (χ1n) is 9.19. The van der Waals surface area contributed by atoms with Gasteiger partial charge in [0.05, 0.1) is 13.7 Å². The van der Waals surface area contributed by atoms with Crippen molar-refractivity contribution in [2.24, 2.45) is 0 Å². The van der Waals surface area contributed by atoms with Gasteiger partial charge in [-0.3, -0.25) is 0 Å². The molecule has 132 valence electrons. The van der Waals surface area contributed by atoms with E-state index < -0.39 is 0 Å². The summed E-state index contributed by atoms with van der Waals surface area (Å²) < 4.78 is 11.3. The van der Waals surface area contributed by atoms with Gasteiger partial charge in [-0.05, 0) is 37.1 Å². The SMILES string of the molecule is COc1cc2c(c(CN[C@H]3CCCN[C@H]3c3ccccc3)c1)OCC2. The van der Waals surface area contributed by atoms with Gasteiger partial charge >= 0.3 is 0 Å². The van der Waals surface area contributed by atoms with Gasteiger partial charge in [-0.25, -0.2) is 0 Å². The van der Waals surface area contributed by atoms with Crippen LogP contribution in [0.5, 0.6) is 11.5 Å². The molecule has 25 heavy (non-hydrogen) atoms. The molecule has 2 aromatic carbocycles. The predicted octanol–water partition coefficient (Wildman–Crippen LogP) is 3.21. The molecule has 0 amide bonds. The van der Waals surface area contributed by atoms with Crippen molar-refractivity contribution in [2.75, 3.05) is 20.3 Å². The number of nitrogens with one attached hydrogen (secondary N) is 2. The fourth-order valence-electron chi connectivity index (χ4n) is 3.97.